The molecule has 0 aliphatic carbocycles. The fourth-order valence-corrected chi connectivity index (χ4v) is 2.03. The van der Waals surface area contributed by atoms with E-state index in [1.807, 2.05) is 0 Å². The Kier molecular flexibility index (Phi) is 4.36. The first kappa shape index (κ1) is 13.1. The molecule has 0 saturated carbocycles. The first-order valence-corrected chi connectivity index (χ1v) is 6.50. The average molecular weight is 252 g/mol. The van der Waals surface area contributed by atoms with Gasteiger partial charge in [0.25, 0.3) is 5.91 Å². The lowest BCUT2D eigenvalue weighted by Crippen LogP contribution is -2.31. The van der Waals surface area contributed by atoms with Crippen molar-refractivity contribution in [3.05, 3.63) is 17.5 Å². The quantitative estimate of drug-likeness (QED) is 0.867. The molecule has 1 aliphatic rings. The highest BCUT2D eigenvalue weighted by Gasteiger charge is 2.18. The Balaban J connectivity index is 1.82. The second-order valence-electron chi connectivity index (χ2n) is 5.13. The third kappa shape index (κ3) is 3.57. The molecule has 1 N–H and O–H groups in total. The van der Waals surface area contributed by atoms with Crippen molar-refractivity contribution < 1.29 is 14.1 Å². The molecule has 0 radical (unpaired) electrons. The van der Waals surface area contributed by atoms with E-state index < -0.39 is 0 Å². The molecule has 5 heteroatoms. The minimum Gasteiger partial charge on any atom is -0.376 e. The number of hydrogen-bond donors (Lipinski definition) is 1. The highest BCUT2D eigenvalue weighted by molar-refractivity contribution is 5.91. The maximum absolute atomic E-state index is 11.8. The first-order valence-electron chi connectivity index (χ1n) is 6.50. The number of nitrogens with one attached hydrogen (secondary N) is 1. The molecule has 1 amide bonds. The summed E-state index contributed by atoms with van der Waals surface area (Å²) in [6, 6.07) is 1.71. The standard InChI is InChI=1S/C13H20N2O3/c1-9(2)6-10-7-12(18-15-10)13(16)14-8-11-4-3-5-17-11/h7,9,11H,3-6,8H2,1-2H3,(H,14,16)/t11-/m0/s1. The van der Waals surface area contributed by atoms with Crippen LogP contribution in [0.1, 0.15) is 42.9 Å². The number of rotatable bonds is 5. The van der Waals surface area contributed by atoms with E-state index in [4.69, 9.17) is 9.26 Å². The van der Waals surface area contributed by atoms with E-state index in [0.29, 0.717) is 12.5 Å². The van der Waals surface area contributed by atoms with Crippen molar-refractivity contribution in [3.8, 4) is 0 Å². The van der Waals surface area contributed by atoms with E-state index >= 15 is 0 Å². The highest BCUT2D eigenvalue weighted by Crippen LogP contribution is 2.12. The zero-order valence-electron chi connectivity index (χ0n) is 10.9. The Hall–Kier alpha value is -1.36. The molecule has 1 aromatic rings. The van der Waals surface area contributed by atoms with E-state index in [9.17, 15) is 4.79 Å². The molecule has 1 fully saturated rings. The molecule has 2 rings (SSSR count). The number of hydrogen-bond acceptors (Lipinski definition) is 4. The molecule has 1 aliphatic heterocycles. The Morgan fingerprint density at radius 1 is 1.61 bits per heavy atom. The van der Waals surface area contributed by atoms with Gasteiger partial charge in [-0.25, -0.2) is 0 Å². The summed E-state index contributed by atoms with van der Waals surface area (Å²) in [5, 5.41) is 6.70. The van der Waals surface area contributed by atoms with Crippen LogP contribution in [-0.2, 0) is 11.2 Å². The maximum Gasteiger partial charge on any atom is 0.289 e. The van der Waals surface area contributed by atoms with Crippen molar-refractivity contribution in [2.24, 2.45) is 5.92 Å². The summed E-state index contributed by atoms with van der Waals surface area (Å²) in [5.41, 5.74) is 0.826. The van der Waals surface area contributed by atoms with E-state index in [1.54, 1.807) is 6.07 Å². The first-order chi connectivity index (χ1) is 8.65. The Labute approximate surface area is 107 Å². The second kappa shape index (κ2) is 6.00. The summed E-state index contributed by atoms with van der Waals surface area (Å²) in [6.07, 6.45) is 3.05. The minimum atomic E-state index is -0.215. The summed E-state index contributed by atoms with van der Waals surface area (Å²) in [4.78, 5) is 11.8. The zero-order valence-corrected chi connectivity index (χ0v) is 10.9. The van der Waals surface area contributed by atoms with Gasteiger partial charge in [-0.1, -0.05) is 19.0 Å². The molecule has 0 unspecified atom stereocenters. The lowest BCUT2D eigenvalue weighted by atomic mass is 10.1. The van der Waals surface area contributed by atoms with Gasteiger partial charge in [0, 0.05) is 19.2 Å². The van der Waals surface area contributed by atoms with Crippen LogP contribution in [0.4, 0.5) is 0 Å². The fraction of sp³-hybridized carbons (Fsp3) is 0.692. The van der Waals surface area contributed by atoms with Crippen LogP contribution in [0.3, 0.4) is 0 Å². The van der Waals surface area contributed by atoms with E-state index in [2.05, 4.69) is 24.3 Å². The van der Waals surface area contributed by atoms with E-state index in [1.165, 1.54) is 0 Å². The Morgan fingerprint density at radius 3 is 3.11 bits per heavy atom. The number of carbonyl (C=O) groups excluding carboxylic acids is 1. The van der Waals surface area contributed by atoms with Crippen LogP contribution in [0.15, 0.2) is 10.6 Å². The predicted octanol–water partition coefficient (Wildman–Crippen LogP) is 1.78. The molecule has 5 nitrogen and oxygen atoms in total. The zero-order chi connectivity index (χ0) is 13.0. The molecule has 0 bridgehead atoms. The lowest BCUT2D eigenvalue weighted by molar-refractivity contribution is 0.0827. The maximum atomic E-state index is 11.8. The van der Waals surface area contributed by atoms with Gasteiger partial charge < -0.3 is 14.6 Å². The summed E-state index contributed by atoms with van der Waals surface area (Å²) in [6.45, 7) is 5.54. The molecule has 0 aromatic carbocycles. The Bertz CT molecular complexity index is 395. The average Bonchev–Trinajstić information content (AvgIpc) is 2.95. The van der Waals surface area contributed by atoms with Gasteiger partial charge in [0.15, 0.2) is 0 Å². The third-order valence-corrected chi connectivity index (χ3v) is 2.91. The Morgan fingerprint density at radius 2 is 2.44 bits per heavy atom. The van der Waals surface area contributed by atoms with Crippen LogP contribution in [0.5, 0.6) is 0 Å². The van der Waals surface area contributed by atoms with Crippen LogP contribution < -0.4 is 5.32 Å². The van der Waals surface area contributed by atoms with Gasteiger partial charge in [0.2, 0.25) is 5.76 Å². The van der Waals surface area contributed by atoms with Crippen LogP contribution in [-0.4, -0.2) is 30.3 Å². The number of aromatic nitrogens is 1. The van der Waals surface area contributed by atoms with Crippen LogP contribution in [0.2, 0.25) is 0 Å². The van der Waals surface area contributed by atoms with Crippen LogP contribution in [0, 0.1) is 5.92 Å². The van der Waals surface area contributed by atoms with Crippen molar-refractivity contribution in [2.75, 3.05) is 13.2 Å². The molecule has 1 atom stereocenters. The van der Waals surface area contributed by atoms with Crippen molar-refractivity contribution in [1.82, 2.24) is 10.5 Å². The van der Waals surface area contributed by atoms with Crippen molar-refractivity contribution in [3.63, 3.8) is 0 Å². The number of amides is 1. The van der Waals surface area contributed by atoms with Crippen molar-refractivity contribution in [1.29, 1.82) is 0 Å². The number of nitrogens with zero attached hydrogens (tertiary/aromatic N) is 1. The molecule has 18 heavy (non-hydrogen) atoms. The van der Waals surface area contributed by atoms with E-state index in [0.717, 1.165) is 31.6 Å². The van der Waals surface area contributed by atoms with Gasteiger partial charge in [-0.2, -0.15) is 0 Å². The summed E-state index contributed by atoms with van der Waals surface area (Å²) < 4.78 is 10.5. The predicted molar refractivity (Wildman–Crippen MR) is 66.4 cm³/mol. The largest absolute Gasteiger partial charge is 0.376 e. The van der Waals surface area contributed by atoms with Gasteiger partial charge in [-0.15, -0.1) is 0 Å². The van der Waals surface area contributed by atoms with E-state index in [-0.39, 0.29) is 17.8 Å². The van der Waals surface area contributed by atoms with Gasteiger partial charge in [0.1, 0.15) is 0 Å². The molecule has 1 aromatic heterocycles. The second-order valence-corrected chi connectivity index (χ2v) is 5.13. The topological polar surface area (TPSA) is 64.4 Å². The lowest BCUT2D eigenvalue weighted by Gasteiger charge is -2.08. The number of ether oxygens (including phenoxy) is 1. The van der Waals surface area contributed by atoms with Gasteiger partial charge in [0.05, 0.1) is 11.8 Å². The van der Waals surface area contributed by atoms with Gasteiger partial charge >= 0.3 is 0 Å². The summed E-state index contributed by atoms with van der Waals surface area (Å²) >= 11 is 0. The molecule has 100 valence electrons. The summed E-state index contributed by atoms with van der Waals surface area (Å²) in [5.74, 6) is 0.564. The molecular formula is C13H20N2O3. The van der Waals surface area contributed by atoms with Crippen LogP contribution in [0.25, 0.3) is 0 Å². The van der Waals surface area contributed by atoms with Crippen molar-refractivity contribution in [2.45, 2.75) is 39.2 Å². The molecule has 1 saturated heterocycles. The summed E-state index contributed by atoms with van der Waals surface area (Å²) in [7, 11) is 0. The normalized spacial score (nSPS) is 19.4. The highest BCUT2D eigenvalue weighted by atomic mass is 16.5. The molecule has 0 spiro atoms. The smallest absolute Gasteiger partial charge is 0.289 e. The minimum absolute atomic E-state index is 0.145. The molecule has 2 heterocycles. The SMILES string of the molecule is CC(C)Cc1cc(C(=O)NC[C@@H]2CCCO2)on1. The third-order valence-electron chi connectivity index (χ3n) is 2.91. The van der Waals surface area contributed by atoms with Crippen LogP contribution >= 0.6 is 0 Å². The molecular weight excluding hydrogens is 232 g/mol. The van der Waals surface area contributed by atoms with Crippen molar-refractivity contribution >= 4 is 5.91 Å². The monoisotopic (exact) mass is 252 g/mol. The fourth-order valence-electron chi connectivity index (χ4n) is 2.03. The van der Waals surface area contributed by atoms with Gasteiger partial charge in [-0.3, -0.25) is 4.79 Å². The number of carbonyl (C=O) groups is 1. The van der Waals surface area contributed by atoms with Gasteiger partial charge in [-0.05, 0) is 25.2 Å².